The monoisotopic (exact) mass is 410 g/mol. The molecule has 31 heavy (non-hydrogen) atoms. The highest BCUT2D eigenvalue weighted by Crippen LogP contribution is 2.44. The predicted octanol–water partition coefficient (Wildman–Crippen LogP) is 5.87. The van der Waals surface area contributed by atoms with Gasteiger partial charge in [0.05, 0.1) is 11.6 Å². The number of aromatic nitrogens is 2. The molecule has 2 aliphatic rings. The van der Waals surface area contributed by atoms with Crippen molar-refractivity contribution in [2.75, 3.05) is 16.8 Å². The zero-order valence-electron chi connectivity index (χ0n) is 17.4. The molecule has 1 N–H and O–H groups in total. The van der Waals surface area contributed by atoms with E-state index in [-0.39, 0.29) is 5.82 Å². The largest absolute Gasteiger partial charge is 0.349 e. The van der Waals surface area contributed by atoms with Crippen molar-refractivity contribution in [2.45, 2.75) is 32.2 Å². The van der Waals surface area contributed by atoms with Crippen molar-refractivity contribution in [1.82, 2.24) is 9.97 Å². The van der Waals surface area contributed by atoms with Crippen molar-refractivity contribution in [3.63, 3.8) is 0 Å². The van der Waals surface area contributed by atoms with Gasteiger partial charge in [-0.2, -0.15) is 4.98 Å². The van der Waals surface area contributed by atoms with Crippen LogP contribution in [0, 0.1) is 12.7 Å². The van der Waals surface area contributed by atoms with Gasteiger partial charge in [-0.3, -0.25) is 0 Å². The lowest BCUT2D eigenvalue weighted by Gasteiger charge is -2.36. The highest BCUT2D eigenvalue weighted by Gasteiger charge is 2.35. The minimum atomic E-state index is -0.243. The second-order valence-corrected chi connectivity index (χ2v) is 8.46. The van der Waals surface area contributed by atoms with Gasteiger partial charge >= 0.3 is 0 Å². The molecule has 1 aliphatic heterocycles. The maximum absolute atomic E-state index is 13.5. The quantitative estimate of drug-likeness (QED) is 0.459. The summed E-state index contributed by atoms with van der Waals surface area (Å²) in [5.41, 5.74) is 7.01. The molecule has 1 aliphatic carbocycles. The van der Waals surface area contributed by atoms with Crippen LogP contribution in [0.3, 0.4) is 0 Å². The van der Waals surface area contributed by atoms with Crippen molar-refractivity contribution < 1.29 is 4.39 Å². The van der Waals surface area contributed by atoms with Crippen molar-refractivity contribution in [3.05, 3.63) is 88.7 Å². The van der Waals surface area contributed by atoms with Gasteiger partial charge in [0.2, 0.25) is 5.95 Å². The lowest BCUT2D eigenvalue weighted by Crippen LogP contribution is -2.35. The summed E-state index contributed by atoms with van der Waals surface area (Å²) >= 11 is 0. The zero-order valence-corrected chi connectivity index (χ0v) is 17.4. The Bertz CT molecular complexity index is 1320. The van der Waals surface area contributed by atoms with Crippen LogP contribution in [0.25, 0.3) is 10.9 Å². The molecule has 1 unspecified atom stereocenters. The standard InChI is InChI=1S/C26H23FN4/c1-16-15-19(27)10-11-21(16)28-26-29-22-8-3-2-7-20(22)25(30-26)31-14-13-18-6-4-5-17-9-12-23(31)24(17)18/h2-8,10-11,15,23H,9,12-14H2,1H3,(H,28,29,30). The van der Waals surface area contributed by atoms with Gasteiger partial charge in [-0.25, -0.2) is 9.37 Å². The molecule has 0 saturated carbocycles. The fraction of sp³-hybridized carbons (Fsp3) is 0.231. The molecule has 1 atom stereocenters. The van der Waals surface area contributed by atoms with Gasteiger partial charge in [0.1, 0.15) is 11.6 Å². The van der Waals surface area contributed by atoms with E-state index in [0.29, 0.717) is 12.0 Å². The van der Waals surface area contributed by atoms with Crippen LogP contribution >= 0.6 is 0 Å². The van der Waals surface area contributed by atoms with Crippen LogP contribution in [0.5, 0.6) is 0 Å². The van der Waals surface area contributed by atoms with E-state index >= 15 is 0 Å². The fourth-order valence-corrected chi connectivity index (χ4v) is 5.15. The van der Waals surface area contributed by atoms with Gasteiger partial charge in [0.15, 0.2) is 0 Å². The zero-order chi connectivity index (χ0) is 20.9. The highest BCUT2D eigenvalue weighted by atomic mass is 19.1. The van der Waals surface area contributed by atoms with E-state index in [0.717, 1.165) is 53.8 Å². The molecule has 0 radical (unpaired) electrons. The SMILES string of the molecule is Cc1cc(F)ccc1Nc1nc(N2CCc3cccc4c3C2CC4)c2ccccc2n1. The second-order valence-electron chi connectivity index (χ2n) is 8.46. The van der Waals surface area contributed by atoms with E-state index < -0.39 is 0 Å². The number of anilines is 3. The number of para-hydroxylation sites is 1. The lowest BCUT2D eigenvalue weighted by atomic mass is 9.93. The van der Waals surface area contributed by atoms with E-state index in [1.54, 1.807) is 6.07 Å². The molecular weight excluding hydrogens is 387 g/mol. The number of halogens is 1. The molecule has 5 heteroatoms. The summed E-state index contributed by atoms with van der Waals surface area (Å²) in [4.78, 5) is 12.2. The third kappa shape index (κ3) is 3.03. The topological polar surface area (TPSA) is 41.1 Å². The molecular formula is C26H23FN4. The number of rotatable bonds is 3. The Hall–Kier alpha value is -3.47. The van der Waals surface area contributed by atoms with Crippen molar-refractivity contribution in [2.24, 2.45) is 0 Å². The van der Waals surface area contributed by atoms with Crippen molar-refractivity contribution >= 4 is 28.4 Å². The molecule has 154 valence electrons. The van der Waals surface area contributed by atoms with E-state index in [4.69, 9.17) is 9.97 Å². The van der Waals surface area contributed by atoms with Gasteiger partial charge in [0, 0.05) is 17.6 Å². The van der Waals surface area contributed by atoms with Crippen molar-refractivity contribution in [1.29, 1.82) is 0 Å². The first kappa shape index (κ1) is 18.3. The normalized spacial score (nSPS) is 17.1. The maximum atomic E-state index is 13.5. The number of nitrogens with one attached hydrogen (secondary N) is 1. The molecule has 4 nitrogen and oxygen atoms in total. The number of hydrogen-bond donors (Lipinski definition) is 1. The first-order chi connectivity index (χ1) is 15.2. The summed E-state index contributed by atoms with van der Waals surface area (Å²) in [6.07, 6.45) is 3.26. The fourth-order valence-electron chi connectivity index (χ4n) is 5.15. The molecule has 3 aromatic carbocycles. The first-order valence-electron chi connectivity index (χ1n) is 10.8. The molecule has 1 aromatic heterocycles. The summed E-state index contributed by atoms with van der Waals surface area (Å²) in [6, 6.07) is 20.0. The average Bonchev–Trinajstić information content (AvgIpc) is 3.21. The van der Waals surface area contributed by atoms with Gasteiger partial charge in [0.25, 0.3) is 0 Å². The Kier molecular flexibility index (Phi) is 4.16. The molecule has 0 saturated heterocycles. The number of fused-ring (bicyclic) bond motifs is 1. The van der Waals surface area contributed by atoms with Gasteiger partial charge in [-0.15, -0.1) is 0 Å². The Labute approximate surface area is 180 Å². The second kappa shape index (κ2) is 7.05. The minimum absolute atomic E-state index is 0.243. The van der Waals surface area contributed by atoms with E-state index in [2.05, 4.69) is 34.5 Å². The maximum Gasteiger partial charge on any atom is 0.229 e. The van der Waals surface area contributed by atoms with Crippen LogP contribution in [-0.2, 0) is 12.8 Å². The van der Waals surface area contributed by atoms with Crippen LogP contribution < -0.4 is 10.2 Å². The highest BCUT2D eigenvalue weighted by molar-refractivity contribution is 5.91. The van der Waals surface area contributed by atoms with E-state index in [9.17, 15) is 4.39 Å². The lowest BCUT2D eigenvalue weighted by molar-refractivity contribution is 0.579. The summed E-state index contributed by atoms with van der Waals surface area (Å²) in [6.45, 7) is 2.83. The molecule has 6 rings (SSSR count). The van der Waals surface area contributed by atoms with Gasteiger partial charge in [-0.05, 0) is 78.8 Å². The van der Waals surface area contributed by atoms with Gasteiger partial charge < -0.3 is 10.2 Å². The minimum Gasteiger partial charge on any atom is -0.349 e. The number of hydrogen-bond acceptors (Lipinski definition) is 4. The average molecular weight is 410 g/mol. The van der Waals surface area contributed by atoms with Crippen LogP contribution in [0.2, 0.25) is 0 Å². The van der Waals surface area contributed by atoms with Crippen LogP contribution in [0.1, 0.15) is 34.7 Å². The summed E-state index contributed by atoms with van der Waals surface area (Å²) in [5, 5.41) is 4.39. The third-order valence-corrected chi connectivity index (χ3v) is 6.60. The molecule has 2 heterocycles. The Morgan fingerprint density at radius 2 is 1.81 bits per heavy atom. The number of benzene rings is 3. The Balaban J connectivity index is 1.46. The Morgan fingerprint density at radius 1 is 0.968 bits per heavy atom. The summed E-state index contributed by atoms with van der Waals surface area (Å²) in [5.74, 6) is 1.27. The Morgan fingerprint density at radius 3 is 2.68 bits per heavy atom. The molecule has 4 aromatic rings. The predicted molar refractivity (Wildman–Crippen MR) is 123 cm³/mol. The molecule has 0 spiro atoms. The van der Waals surface area contributed by atoms with Crippen LogP contribution in [0.4, 0.5) is 21.8 Å². The first-order valence-corrected chi connectivity index (χ1v) is 10.8. The third-order valence-electron chi connectivity index (χ3n) is 6.60. The van der Waals surface area contributed by atoms with E-state index in [1.807, 2.05) is 25.1 Å². The van der Waals surface area contributed by atoms with Gasteiger partial charge in [-0.1, -0.05) is 30.3 Å². The summed E-state index contributed by atoms with van der Waals surface area (Å²) < 4.78 is 13.5. The molecule has 0 bridgehead atoms. The molecule has 0 amide bonds. The number of aryl methyl sites for hydroxylation is 2. The smallest absolute Gasteiger partial charge is 0.229 e. The van der Waals surface area contributed by atoms with Crippen LogP contribution in [0.15, 0.2) is 60.7 Å². The van der Waals surface area contributed by atoms with Crippen molar-refractivity contribution in [3.8, 4) is 0 Å². The number of nitrogens with zero attached hydrogens (tertiary/aromatic N) is 3. The van der Waals surface area contributed by atoms with Crippen LogP contribution in [-0.4, -0.2) is 16.5 Å². The molecule has 0 fully saturated rings. The summed E-state index contributed by atoms with van der Waals surface area (Å²) in [7, 11) is 0. The van der Waals surface area contributed by atoms with E-state index in [1.165, 1.54) is 28.8 Å².